The van der Waals surface area contributed by atoms with Gasteiger partial charge in [0.25, 0.3) is 0 Å². The number of benzene rings is 1. The number of aromatic nitrogens is 2. The summed E-state index contributed by atoms with van der Waals surface area (Å²) in [5, 5.41) is 9.19. The summed E-state index contributed by atoms with van der Waals surface area (Å²) in [6, 6.07) is 5.02. The van der Waals surface area contributed by atoms with E-state index in [0.717, 1.165) is 9.35 Å². The van der Waals surface area contributed by atoms with Crippen LogP contribution in [0.15, 0.2) is 22.5 Å². The van der Waals surface area contributed by atoms with Gasteiger partial charge in [-0.1, -0.05) is 34.7 Å². The second-order valence-electron chi connectivity index (χ2n) is 3.65. The molecule has 2 rings (SSSR count). The van der Waals surface area contributed by atoms with Gasteiger partial charge < -0.3 is 4.74 Å². The second kappa shape index (κ2) is 6.36. The molecule has 0 saturated carbocycles. The van der Waals surface area contributed by atoms with Crippen LogP contribution >= 0.6 is 34.7 Å². The van der Waals surface area contributed by atoms with E-state index >= 15 is 0 Å². The summed E-state index contributed by atoms with van der Waals surface area (Å²) in [5.41, 5.74) is 0.569. The molecule has 0 aliphatic rings. The highest BCUT2D eigenvalue weighted by Crippen LogP contribution is 2.27. The summed E-state index contributed by atoms with van der Waals surface area (Å²) < 4.78 is 5.84. The molecule has 0 bridgehead atoms. The zero-order valence-electron chi connectivity index (χ0n) is 10.3. The predicted molar refractivity (Wildman–Crippen MR) is 77.7 cm³/mol. The molecule has 1 heterocycles. The number of carbonyl (C=O) groups is 1. The molecule has 2 aromatic rings. The zero-order chi connectivity index (χ0) is 13.8. The number of methoxy groups -OCH3 is 1. The Kier molecular flexibility index (Phi) is 4.79. The lowest BCUT2D eigenvalue weighted by molar-refractivity contribution is 0.102. The first kappa shape index (κ1) is 14.3. The summed E-state index contributed by atoms with van der Waals surface area (Å²) in [5.74, 6) is 0.880. The fourth-order valence-electron chi connectivity index (χ4n) is 1.39. The van der Waals surface area contributed by atoms with Crippen molar-refractivity contribution in [3.63, 3.8) is 0 Å². The van der Waals surface area contributed by atoms with Crippen molar-refractivity contribution < 1.29 is 9.53 Å². The maximum absolute atomic E-state index is 12.0. The van der Waals surface area contributed by atoms with Crippen LogP contribution in [0, 0.1) is 6.92 Å². The van der Waals surface area contributed by atoms with Crippen LogP contribution in [0.3, 0.4) is 0 Å². The van der Waals surface area contributed by atoms with E-state index in [9.17, 15) is 4.79 Å². The lowest BCUT2D eigenvalue weighted by Gasteiger charge is -2.04. The van der Waals surface area contributed by atoms with Crippen LogP contribution in [0.4, 0.5) is 0 Å². The molecule has 0 atom stereocenters. The first-order valence-electron chi connectivity index (χ1n) is 5.40. The summed E-state index contributed by atoms with van der Waals surface area (Å²) in [4.78, 5) is 12.0. The third-order valence-electron chi connectivity index (χ3n) is 2.31. The van der Waals surface area contributed by atoms with Crippen molar-refractivity contribution in [1.82, 2.24) is 10.2 Å². The number of rotatable bonds is 5. The largest absolute Gasteiger partial charge is 0.495 e. The molecular formula is C12H11ClN2O2S2. The minimum atomic E-state index is 0.00223. The van der Waals surface area contributed by atoms with Crippen LogP contribution in [0.1, 0.15) is 15.4 Å². The van der Waals surface area contributed by atoms with Crippen LogP contribution in [-0.2, 0) is 0 Å². The molecule has 0 saturated heterocycles. The van der Waals surface area contributed by atoms with E-state index in [1.807, 2.05) is 6.92 Å². The molecule has 19 heavy (non-hydrogen) atoms. The smallest absolute Gasteiger partial charge is 0.174 e. The Morgan fingerprint density at radius 1 is 1.47 bits per heavy atom. The van der Waals surface area contributed by atoms with E-state index in [4.69, 9.17) is 16.3 Å². The monoisotopic (exact) mass is 314 g/mol. The highest BCUT2D eigenvalue weighted by atomic mass is 35.5. The average Bonchev–Trinajstić information content (AvgIpc) is 2.81. The molecule has 0 aliphatic carbocycles. The van der Waals surface area contributed by atoms with Gasteiger partial charge in [0.1, 0.15) is 10.8 Å². The topological polar surface area (TPSA) is 52.1 Å². The minimum Gasteiger partial charge on any atom is -0.495 e. The van der Waals surface area contributed by atoms with Gasteiger partial charge >= 0.3 is 0 Å². The van der Waals surface area contributed by atoms with Gasteiger partial charge in [0.05, 0.1) is 17.9 Å². The third-order valence-corrected chi connectivity index (χ3v) is 4.58. The van der Waals surface area contributed by atoms with Gasteiger partial charge in [0, 0.05) is 5.56 Å². The summed E-state index contributed by atoms with van der Waals surface area (Å²) >= 11 is 8.85. The van der Waals surface area contributed by atoms with Crippen LogP contribution in [0.2, 0.25) is 5.02 Å². The number of ketones is 1. The van der Waals surface area contributed by atoms with Gasteiger partial charge in [-0.15, -0.1) is 10.2 Å². The van der Waals surface area contributed by atoms with E-state index < -0.39 is 0 Å². The Morgan fingerprint density at radius 3 is 2.84 bits per heavy atom. The van der Waals surface area contributed by atoms with Crippen molar-refractivity contribution in [2.75, 3.05) is 12.9 Å². The fraction of sp³-hybridized carbons (Fsp3) is 0.250. The lowest BCUT2D eigenvalue weighted by atomic mass is 10.1. The Balaban J connectivity index is 2.01. The average molecular weight is 315 g/mol. The molecule has 0 fully saturated rings. The second-order valence-corrected chi connectivity index (χ2v) is 6.46. The third kappa shape index (κ3) is 3.68. The Bertz CT molecular complexity index is 601. The minimum absolute atomic E-state index is 0.00223. The van der Waals surface area contributed by atoms with E-state index in [1.165, 1.54) is 30.2 Å². The Morgan fingerprint density at radius 2 is 2.26 bits per heavy atom. The van der Waals surface area contributed by atoms with Crippen LogP contribution < -0.4 is 4.74 Å². The highest BCUT2D eigenvalue weighted by molar-refractivity contribution is 8.01. The van der Waals surface area contributed by atoms with Gasteiger partial charge in [-0.05, 0) is 25.1 Å². The van der Waals surface area contributed by atoms with Gasteiger partial charge in [-0.3, -0.25) is 4.79 Å². The highest BCUT2D eigenvalue weighted by Gasteiger charge is 2.11. The summed E-state index contributed by atoms with van der Waals surface area (Å²) in [7, 11) is 1.54. The van der Waals surface area contributed by atoms with Crippen molar-refractivity contribution in [1.29, 1.82) is 0 Å². The van der Waals surface area contributed by atoms with E-state index in [0.29, 0.717) is 22.1 Å². The molecule has 0 unspecified atom stereocenters. The van der Waals surface area contributed by atoms with E-state index in [2.05, 4.69) is 10.2 Å². The maximum Gasteiger partial charge on any atom is 0.174 e. The van der Waals surface area contributed by atoms with Gasteiger partial charge in [0.15, 0.2) is 10.1 Å². The first-order chi connectivity index (χ1) is 9.10. The van der Waals surface area contributed by atoms with Crippen molar-refractivity contribution in [2.24, 2.45) is 0 Å². The normalized spacial score (nSPS) is 10.5. The summed E-state index contributed by atoms with van der Waals surface area (Å²) in [6.07, 6.45) is 0. The van der Waals surface area contributed by atoms with Crippen molar-refractivity contribution in [3.05, 3.63) is 33.8 Å². The molecule has 1 aromatic carbocycles. The molecule has 0 aliphatic heterocycles. The number of Topliss-reactive ketones (excluding diaryl/α,β-unsaturated/α-hetero) is 1. The number of carbonyl (C=O) groups excluding carboxylic acids is 1. The number of nitrogens with zero attached hydrogens (tertiary/aromatic N) is 2. The zero-order valence-corrected chi connectivity index (χ0v) is 12.7. The SMILES string of the molecule is COc1ccc(C(=O)CSc2nnc(C)s2)cc1Cl. The quantitative estimate of drug-likeness (QED) is 0.624. The first-order valence-corrected chi connectivity index (χ1v) is 7.58. The molecular weight excluding hydrogens is 304 g/mol. The predicted octanol–water partition coefficient (Wildman–Crippen LogP) is 3.48. The molecule has 0 spiro atoms. The van der Waals surface area contributed by atoms with Crippen LogP contribution in [0.25, 0.3) is 0 Å². The number of hydrogen-bond donors (Lipinski definition) is 0. The molecule has 0 amide bonds. The Hall–Kier alpha value is -1.11. The van der Waals surface area contributed by atoms with Crippen molar-refractivity contribution in [3.8, 4) is 5.75 Å². The molecule has 100 valence electrons. The molecule has 4 nitrogen and oxygen atoms in total. The number of hydrogen-bond acceptors (Lipinski definition) is 6. The molecule has 7 heteroatoms. The Labute approximate surface area is 124 Å². The molecule has 1 aromatic heterocycles. The number of aryl methyl sites for hydroxylation is 1. The molecule has 0 N–H and O–H groups in total. The summed E-state index contributed by atoms with van der Waals surface area (Å²) in [6.45, 7) is 1.88. The van der Waals surface area contributed by atoms with Crippen LogP contribution in [0.5, 0.6) is 5.75 Å². The van der Waals surface area contributed by atoms with Crippen LogP contribution in [-0.4, -0.2) is 28.8 Å². The van der Waals surface area contributed by atoms with E-state index in [1.54, 1.807) is 18.2 Å². The van der Waals surface area contributed by atoms with Crippen molar-refractivity contribution in [2.45, 2.75) is 11.3 Å². The molecule has 0 radical (unpaired) electrons. The fourth-order valence-corrected chi connectivity index (χ4v) is 3.35. The standard InChI is InChI=1S/C12H11ClN2O2S2/c1-7-14-15-12(19-7)18-6-10(16)8-3-4-11(17-2)9(13)5-8/h3-5H,6H2,1-2H3. The number of thioether (sulfide) groups is 1. The number of halogens is 1. The van der Waals surface area contributed by atoms with Gasteiger partial charge in [0.2, 0.25) is 0 Å². The van der Waals surface area contributed by atoms with Gasteiger partial charge in [-0.25, -0.2) is 0 Å². The lowest BCUT2D eigenvalue weighted by Crippen LogP contribution is -2.02. The van der Waals surface area contributed by atoms with Crippen molar-refractivity contribution >= 4 is 40.5 Å². The van der Waals surface area contributed by atoms with Gasteiger partial charge in [-0.2, -0.15) is 0 Å². The number of ether oxygens (including phenoxy) is 1. The van der Waals surface area contributed by atoms with E-state index in [-0.39, 0.29) is 5.78 Å². The maximum atomic E-state index is 12.0.